The molecule has 0 spiro atoms. The minimum atomic E-state index is -1.30. The maximum Gasteiger partial charge on any atom is 0.223 e. The molecule has 26 nitrogen and oxygen atoms in total. The lowest BCUT2D eigenvalue weighted by atomic mass is 10.1. The van der Waals surface area contributed by atoms with Crippen molar-refractivity contribution in [1.82, 2.24) is 73.0 Å². The van der Waals surface area contributed by atoms with Crippen molar-refractivity contribution in [2.45, 2.75) is 40.3 Å². The van der Waals surface area contributed by atoms with Gasteiger partial charge in [0, 0.05) is 98.4 Å². The summed E-state index contributed by atoms with van der Waals surface area (Å²) in [6, 6.07) is 40.5. The van der Waals surface area contributed by atoms with Crippen molar-refractivity contribution >= 4 is 108 Å². The monoisotopic (exact) mass is 1450 g/mol. The Bertz CT molecular complexity index is 5460. The Balaban J connectivity index is 0.000000141. The maximum absolute atomic E-state index is 11.9. The molecular weight excluding hydrogens is 1390 g/mol. The van der Waals surface area contributed by atoms with Crippen LogP contribution in [-0.2, 0) is 34.6 Å². The van der Waals surface area contributed by atoms with Gasteiger partial charge < -0.3 is 49.0 Å². The number of pyridine rings is 3. The third-order valence-corrected chi connectivity index (χ3v) is 18.7. The van der Waals surface area contributed by atoms with Crippen LogP contribution in [0.3, 0.4) is 0 Å². The molecule has 12 aromatic heterocycles. The number of aromatic nitrogens is 15. The highest BCUT2D eigenvalue weighted by Gasteiger charge is 2.26. The van der Waals surface area contributed by atoms with E-state index in [1.165, 1.54) is 11.8 Å². The second-order valence-corrected chi connectivity index (χ2v) is 25.6. The van der Waals surface area contributed by atoms with Crippen LogP contribution in [0.5, 0.6) is 34.5 Å². The number of thioether (sulfide) groups is 2. The van der Waals surface area contributed by atoms with Gasteiger partial charge in [0.25, 0.3) is 0 Å². The van der Waals surface area contributed by atoms with Crippen LogP contribution in [0.25, 0.3) is 83.4 Å². The van der Waals surface area contributed by atoms with Crippen molar-refractivity contribution in [3.8, 4) is 68.3 Å². The van der Waals surface area contributed by atoms with Crippen LogP contribution in [0, 0.1) is 0 Å². The molecule has 0 fully saturated rings. The molecule has 3 aromatic carbocycles. The van der Waals surface area contributed by atoms with Crippen LogP contribution in [0.1, 0.15) is 16.7 Å². The molecule has 0 saturated carbocycles. The summed E-state index contributed by atoms with van der Waals surface area (Å²) in [5.74, 6) is 5.79. The number of fused-ring (bicyclic) bond motifs is 9. The van der Waals surface area contributed by atoms with Crippen molar-refractivity contribution in [3.63, 3.8) is 0 Å². The van der Waals surface area contributed by atoms with Gasteiger partial charge in [0.15, 0.2) is 27.3 Å². The van der Waals surface area contributed by atoms with Crippen molar-refractivity contribution < 1.29 is 36.8 Å². The quantitative estimate of drug-likeness (QED) is 0.0342. The summed E-state index contributed by atoms with van der Waals surface area (Å²) < 4.78 is 55.5. The maximum atomic E-state index is 11.9. The van der Waals surface area contributed by atoms with Crippen molar-refractivity contribution in [2.75, 3.05) is 79.2 Å². The average molecular weight is 1460 g/mol. The molecule has 0 aliphatic rings. The first-order chi connectivity index (χ1) is 50.5. The van der Waals surface area contributed by atoms with E-state index in [2.05, 4.69) is 59.9 Å². The molecule has 4 N–H and O–H groups in total. The molecule has 15 aromatic rings. The Morgan fingerprint density at radius 2 is 0.835 bits per heavy atom. The summed E-state index contributed by atoms with van der Waals surface area (Å²) in [6.07, 6.45) is 21.1. The number of methoxy groups -OCH3 is 6. The number of nitrogens with two attached hydrogens (primary N) is 1. The minimum Gasteiger partial charge on any atom is -0.497 e. The molecule has 0 aliphatic carbocycles. The molecule has 103 heavy (non-hydrogen) atoms. The Morgan fingerprint density at radius 1 is 0.417 bits per heavy atom. The highest BCUT2D eigenvalue weighted by Crippen LogP contribution is 2.44. The topological polar surface area (TPSA) is 300 Å². The van der Waals surface area contributed by atoms with Gasteiger partial charge in [0.05, 0.1) is 122 Å². The smallest absolute Gasteiger partial charge is 0.223 e. The van der Waals surface area contributed by atoms with Gasteiger partial charge in [0.2, 0.25) is 22.2 Å². The van der Waals surface area contributed by atoms with E-state index in [0.29, 0.717) is 65.2 Å². The summed E-state index contributed by atoms with van der Waals surface area (Å²) in [5.41, 5.74) is 18.5. The van der Waals surface area contributed by atoms with Crippen LogP contribution in [0.15, 0.2) is 204 Å². The van der Waals surface area contributed by atoms with Crippen LogP contribution in [0.4, 0.5) is 11.9 Å². The first-order valence-electron chi connectivity index (χ1n) is 31.6. The predicted octanol–water partition coefficient (Wildman–Crippen LogP) is 13.3. The molecule has 0 saturated heterocycles. The predicted molar refractivity (Wildman–Crippen MR) is 405 cm³/mol. The molecule has 0 radical (unpaired) electrons. The lowest BCUT2D eigenvalue weighted by Crippen LogP contribution is -2.06. The fourth-order valence-electron chi connectivity index (χ4n) is 11.4. The molecule has 1 atom stereocenters. The fraction of sp³-hybridized carbons (Fsp3) is 0.178. The summed E-state index contributed by atoms with van der Waals surface area (Å²) in [6.45, 7) is 1.73. The third kappa shape index (κ3) is 15.3. The Kier molecular flexibility index (Phi) is 23.2. The van der Waals surface area contributed by atoms with Crippen LogP contribution in [-0.4, -0.2) is 146 Å². The third-order valence-electron chi connectivity index (χ3n) is 16.2. The zero-order valence-electron chi connectivity index (χ0n) is 57.6. The second kappa shape index (κ2) is 33.5. The Labute approximate surface area is 607 Å². The van der Waals surface area contributed by atoms with Gasteiger partial charge in [-0.2, -0.15) is 0 Å². The van der Waals surface area contributed by atoms with Crippen molar-refractivity contribution in [3.05, 3.63) is 200 Å². The number of nitrogens with zero attached hydrogens (tertiary/aromatic N) is 15. The molecule has 0 bridgehead atoms. The molecule has 15 rings (SSSR count). The number of hydrogen-bond acceptors (Lipinski definition) is 26. The highest BCUT2D eigenvalue weighted by molar-refractivity contribution is 7.98. The SMILES string of the molecule is COSc1nccc2c(-c3ccnc(S(C)=O)n3)c3c(OC)ccnc3n12.COc1ccc(CN)cc1.COc1ccc(CNc2nccc(-c3c4c(OC)ccnc4n4c(NCc5ccc(OC)cc5)nccc34)n2)cc1.COc1ccnc2c1c(-c1ccnc(SC)n1)c1ccnc(SC)n12. The van der Waals surface area contributed by atoms with Crippen molar-refractivity contribution in [1.29, 1.82) is 0 Å². The standard InChI is InChI=1S/C31H29N7O3.C17H15N5O3S2.C17H15N5OS2.C8H11NO/c1-39-22-8-4-20(5-9-22)18-35-30-33-15-12-24(37-30)27-25-13-16-34-31(36-19-21-6-10-23(40-2)11-7-21)38(25)29-28(27)26(41-3)14-17-32-29;1-24-12-6-9-18-15-14(12)13(10-4-7-19-16(21-10)27(3)23)11-5-8-20-17(22(11)15)26-25-2;1-23-12-6-9-18-15-14(12)13(10-4-7-19-16(21-10)24-2)11-5-8-20-17(25-3)22(11)15;1-10-8-4-2-7(6-9)3-5-8/h4-17H,18-19H2,1-3H3,(H,34,36)(H,33,35,37);4-9H,1-3H3;4-9H,1-3H3;2-5H,6,9H2,1H3. The number of ether oxygens (including phenoxy) is 6. The number of rotatable bonds is 21. The number of hydrogen-bond donors (Lipinski definition) is 3. The van der Waals surface area contributed by atoms with Gasteiger partial charge in [-0.1, -0.05) is 59.9 Å². The first kappa shape index (κ1) is 71.5. The number of benzene rings is 3. The van der Waals surface area contributed by atoms with Crippen LogP contribution in [0.2, 0.25) is 0 Å². The Morgan fingerprint density at radius 3 is 1.31 bits per heavy atom. The zero-order chi connectivity index (χ0) is 71.9. The van der Waals surface area contributed by atoms with Crippen LogP contribution < -0.4 is 44.8 Å². The molecule has 0 aliphatic heterocycles. The molecule has 524 valence electrons. The van der Waals surface area contributed by atoms with Gasteiger partial charge in [-0.25, -0.2) is 59.8 Å². The van der Waals surface area contributed by atoms with Gasteiger partial charge in [0.1, 0.15) is 34.5 Å². The van der Waals surface area contributed by atoms with Crippen LogP contribution >= 0.6 is 35.6 Å². The number of anilines is 2. The highest BCUT2D eigenvalue weighted by atomic mass is 32.2. The van der Waals surface area contributed by atoms with Gasteiger partial charge >= 0.3 is 0 Å². The Hall–Kier alpha value is -11.3. The minimum absolute atomic E-state index is 0.267. The van der Waals surface area contributed by atoms with Gasteiger partial charge in [-0.3, -0.25) is 17.4 Å². The van der Waals surface area contributed by atoms with E-state index in [-0.39, 0.29) is 5.16 Å². The lowest BCUT2D eigenvalue weighted by molar-refractivity contribution is 0.414. The summed E-state index contributed by atoms with van der Waals surface area (Å²) >= 11 is 4.23. The summed E-state index contributed by atoms with van der Waals surface area (Å²) in [5, 5.41) is 11.9. The van der Waals surface area contributed by atoms with E-state index in [4.69, 9.17) is 53.3 Å². The zero-order valence-corrected chi connectivity index (χ0v) is 60.9. The molecule has 12 heterocycles. The molecule has 0 amide bonds. The normalized spacial score (nSPS) is 11.3. The van der Waals surface area contributed by atoms with E-state index in [1.807, 2.05) is 143 Å². The first-order valence-corrected chi connectivity index (χ1v) is 36.4. The second-order valence-electron chi connectivity index (χ2n) is 21.9. The lowest BCUT2D eigenvalue weighted by Gasteiger charge is -2.10. The number of nitrogens with one attached hydrogen (secondary N) is 2. The molecular formula is C73H70N18O8S4. The van der Waals surface area contributed by atoms with E-state index < -0.39 is 10.8 Å². The fourth-order valence-corrected chi connectivity index (χ4v) is 13.3. The summed E-state index contributed by atoms with van der Waals surface area (Å²) in [7, 11) is 10.2. The van der Waals surface area contributed by atoms with Gasteiger partial charge in [-0.15, -0.1) is 0 Å². The average Bonchev–Trinajstić information content (AvgIpc) is 1.60. The van der Waals surface area contributed by atoms with E-state index in [1.54, 1.807) is 129 Å². The van der Waals surface area contributed by atoms with Gasteiger partial charge in [-0.05, 0) is 120 Å². The van der Waals surface area contributed by atoms with E-state index in [0.717, 1.165) is 128 Å². The molecule has 30 heteroatoms. The molecule has 1 unspecified atom stereocenters. The largest absolute Gasteiger partial charge is 0.497 e. The van der Waals surface area contributed by atoms with E-state index in [9.17, 15) is 4.21 Å². The summed E-state index contributed by atoms with van der Waals surface area (Å²) in [4.78, 5) is 54.3. The van der Waals surface area contributed by atoms with E-state index >= 15 is 0 Å². The van der Waals surface area contributed by atoms with Crippen molar-refractivity contribution in [2.24, 2.45) is 5.73 Å².